The van der Waals surface area contributed by atoms with Crippen LogP contribution in [0.25, 0.3) is 49.8 Å². The molecule has 0 fully saturated rings. The van der Waals surface area contributed by atoms with Crippen molar-refractivity contribution in [3.63, 3.8) is 0 Å². The van der Waals surface area contributed by atoms with E-state index in [9.17, 15) is 0 Å². The number of hydrogen-bond donors (Lipinski definition) is 1. The third-order valence-electron chi connectivity index (χ3n) is 11.0. The van der Waals surface area contributed by atoms with Crippen molar-refractivity contribution in [2.75, 3.05) is 0 Å². The molecule has 3 aliphatic rings. The van der Waals surface area contributed by atoms with Crippen molar-refractivity contribution in [2.45, 2.75) is 39.3 Å². The minimum Gasteiger partial charge on any atom is -0.324 e. The van der Waals surface area contributed by atoms with Crippen LogP contribution in [0.15, 0.2) is 156 Å². The zero-order chi connectivity index (χ0) is 34.8. The highest BCUT2D eigenvalue weighted by molar-refractivity contribution is 6.18. The van der Waals surface area contributed by atoms with Gasteiger partial charge in [0.05, 0.1) is 11.0 Å². The Bertz CT molecular complexity index is 2720. The highest BCUT2D eigenvalue weighted by Crippen LogP contribution is 2.39. The van der Waals surface area contributed by atoms with Gasteiger partial charge in [0.15, 0.2) is 6.17 Å². The van der Waals surface area contributed by atoms with Crippen LogP contribution in [0.1, 0.15) is 58.0 Å². The molecule has 1 aromatic heterocycles. The molecule has 10 rings (SSSR count). The molecular weight excluding hydrogens is 633 g/mol. The molecule has 4 nitrogen and oxygen atoms in total. The Hall–Kier alpha value is -6.26. The molecule has 2 aliphatic carbocycles. The van der Waals surface area contributed by atoms with Crippen molar-refractivity contribution in [2.24, 2.45) is 9.98 Å². The quantitative estimate of drug-likeness (QED) is 0.195. The first-order valence-electron chi connectivity index (χ1n) is 18.3. The summed E-state index contributed by atoms with van der Waals surface area (Å²) in [7, 11) is 0. The van der Waals surface area contributed by atoms with E-state index in [4.69, 9.17) is 9.98 Å². The van der Waals surface area contributed by atoms with E-state index in [0.29, 0.717) is 0 Å². The maximum Gasteiger partial charge on any atom is 0.169 e. The number of rotatable bonds is 5. The predicted molar refractivity (Wildman–Crippen MR) is 217 cm³/mol. The molecule has 1 aliphatic heterocycles. The van der Waals surface area contributed by atoms with Crippen LogP contribution in [-0.4, -0.2) is 16.2 Å². The first-order valence-corrected chi connectivity index (χ1v) is 18.3. The molecule has 250 valence electrons. The number of fused-ring (bicyclic) bond motifs is 6. The molecular formula is C48H38N4. The lowest BCUT2D eigenvalue weighted by Gasteiger charge is -2.23. The summed E-state index contributed by atoms with van der Waals surface area (Å²) in [6, 6.07) is 46.3. The van der Waals surface area contributed by atoms with Crippen molar-refractivity contribution < 1.29 is 0 Å². The minimum atomic E-state index is -0.408. The molecule has 4 heteroatoms. The standard InChI is InChI=1S/C48H38N4/c1-30-12-6-8-16-38(30)42-28-34(21-20-31(42)2)47-49-46(33-22-24-40-36(27-33)26-32-13-7-9-17-39(32)40)50-48(51-47)35-23-25-45-43(29-35)41-18-10-11-19-44(41)52(45)37-14-4-3-5-15-37/h4,6-25,27-29,47H,3,5,26H2,1-2H3,(H,49,50,51). The Balaban J connectivity index is 1.11. The SMILES string of the molecule is Cc1ccccc1-c1cc(C2N=C(c3ccc4c(c3)Cc3ccccc3-4)NC(c3ccc4c(c3)c3ccccc3n4C3=CCCC=C3)=N2)ccc1C. The van der Waals surface area contributed by atoms with E-state index in [0.717, 1.165) is 47.6 Å². The van der Waals surface area contributed by atoms with E-state index in [2.05, 4.69) is 169 Å². The second-order valence-electron chi connectivity index (χ2n) is 14.2. The number of para-hydroxylation sites is 1. The van der Waals surface area contributed by atoms with Gasteiger partial charge in [-0.05, 0) is 126 Å². The third-order valence-corrected chi connectivity index (χ3v) is 11.0. The number of benzene rings is 6. The average Bonchev–Trinajstić information content (AvgIpc) is 3.73. The van der Waals surface area contributed by atoms with Gasteiger partial charge in [-0.25, -0.2) is 9.98 Å². The van der Waals surface area contributed by atoms with E-state index < -0.39 is 6.17 Å². The number of aryl methyl sites for hydroxylation is 2. The highest BCUT2D eigenvalue weighted by atomic mass is 15.2. The summed E-state index contributed by atoms with van der Waals surface area (Å²) < 4.78 is 2.40. The maximum atomic E-state index is 5.36. The topological polar surface area (TPSA) is 41.7 Å². The molecule has 0 saturated heterocycles. The molecule has 1 N–H and O–H groups in total. The molecule has 1 atom stereocenters. The molecule has 0 radical (unpaired) electrons. The Labute approximate surface area is 304 Å². The maximum absolute atomic E-state index is 5.36. The molecule has 0 saturated carbocycles. The molecule has 6 aromatic carbocycles. The van der Waals surface area contributed by atoms with Gasteiger partial charge in [0.1, 0.15) is 11.7 Å². The number of hydrogen-bond acceptors (Lipinski definition) is 3. The average molecular weight is 671 g/mol. The molecule has 1 unspecified atom stereocenters. The zero-order valence-electron chi connectivity index (χ0n) is 29.4. The number of aliphatic imine (C=N–C) groups is 2. The first-order chi connectivity index (χ1) is 25.6. The smallest absolute Gasteiger partial charge is 0.169 e. The third kappa shape index (κ3) is 5.05. The fourth-order valence-electron chi connectivity index (χ4n) is 8.31. The fourth-order valence-corrected chi connectivity index (χ4v) is 8.31. The summed E-state index contributed by atoms with van der Waals surface area (Å²) in [5, 5.41) is 6.17. The van der Waals surface area contributed by atoms with Gasteiger partial charge < -0.3 is 9.88 Å². The van der Waals surface area contributed by atoms with Crippen LogP contribution in [0.3, 0.4) is 0 Å². The van der Waals surface area contributed by atoms with E-state index in [-0.39, 0.29) is 0 Å². The Kier molecular flexibility index (Phi) is 7.17. The van der Waals surface area contributed by atoms with Gasteiger partial charge in [-0.2, -0.15) is 0 Å². The first kappa shape index (κ1) is 30.6. The van der Waals surface area contributed by atoms with Crippen molar-refractivity contribution in [3.05, 3.63) is 185 Å². The monoisotopic (exact) mass is 670 g/mol. The zero-order valence-corrected chi connectivity index (χ0v) is 29.4. The Morgan fingerprint density at radius 3 is 2.13 bits per heavy atom. The molecule has 0 amide bonds. The van der Waals surface area contributed by atoms with E-state index in [1.165, 1.54) is 72.0 Å². The van der Waals surface area contributed by atoms with Crippen molar-refractivity contribution in [3.8, 4) is 22.3 Å². The van der Waals surface area contributed by atoms with Gasteiger partial charge in [0.25, 0.3) is 0 Å². The summed E-state index contributed by atoms with van der Waals surface area (Å²) >= 11 is 0. The normalized spacial score (nSPS) is 16.3. The number of nitrogens with zero attached hydrogens (tertiary/aromatic N) is 3. The largest absolute Gasteiger partial charge is 0.324 e. The van der Waals surface area contributed by atoms with Crippen LogP contribution in [0.2, 0.25) is 0 Å². The summed E-state index contributed by atoms with van der Waals surface area (Å²) in [6.07, 6.45) is 9.55. The summed E-state index contributed by atoms with van der Waals surface area (Å²) in [6.45, 7) is 4.36. The summed E-state index contributed by atoms with van der Waals surface area (Å²) in [5.74, 6) is 1.67. The van der Waals surface area contributed by atoms with Crippen molar-refractivity contribution in [1.29, 1.82) is 0 Å². The summed E-state index contributed by atoms with van der Waals surface area (Å²) in [4.78, 5) is 10.7. The molecule has 52 heavy (non-hydrogen) atoms. The van der Waals surface area contributed by atoms with Gasteiger partial charge in [-0.15, -0.1) is 0 Å². The van der Waals surface area contributed by atoms with Crippen LogP contribution in [0.5, 0.6) is 0 Å². The number of allylic oxidation sites excluding steroid dienone is 4. The lowest BCUT2D eigenvalue weighted by Crippen LogP contribution is -2.36. The van der Waals surface area contributed by atoms with Crippen LogP contribution in [-0.2, 0) is 6.42 Å². The van der Waals surface area contributed by atoms with Gasteiger partial charge in [0, 0.05) is 27.6 Å². The molecule has 0 spiro atoms. The second kappa shape index (κ2) is 12.2. The van der Waals surface area contributed by atoms with Crippen LogP contribution in [0, 0.1) is 13.8 Å². The van der Waals surface area contributed by atoms with Gasteiger partial charge in [-0.3, -0.25) is 0 Å². The summed E-state index contributed by atoms with van der Waals surface area (Å²) in [5.41, 5.74) is 17.2. The van der Waals surface area contributed by atoms with Crippen molar-refractivity contribution in [1.82, 2.24) is 9.88 Å². The van der Waals surface area contributed by atoms with Crippen molar-refractivity contribution >= 4 is 39.2 Å². The van der Waals surface area contributed by atoms with Gasteiger partial charge in [-0.1, -0.05) is 103 Å². The fraction of sp³-hybridized carbons (Fsp3) is 0.125. The van der Waals surface area contributed by atoms with E-state index in [1.807, 2.05) is 0 Å². The lowest BCUT2D eigenvalue weighted by molar-refractivity contribution is 0.755. The van der Waals surface area contributed by atoms with E-state index >= 15 is 0 Å². The van der Waals surface area contributed by atoms with Crippen LogP contribution < -0.4 is 5.32 Å². The number of amidine groups is 2. The number of aromatic nitrogens is 1. The van der Waals surface area contributed by atoms with Gasteiger partial charge >= 0.3 is 0 Å². The molecule has 2 heterocycles. The second-order valence-corrected chi connectivity index (χ2v) is 14.2. The van der Waals surface area contributed by atoms with E-state index in [1.54, 1.807) is 0 Å². The van der Waals surface area contributed by atoms with Crippen LogP contribution in [0.4, 0.5) is 0 Å². The predicted octanol–water partition coefficient (Wildman–Crippen LogP) is 11.3. The Morgan fingerprint density at radius 1 is 0.577 bits per heavy atom. The molecule has 7 aromatic rings. The van der Waals surface area contributed by atoms with Gasteiger partial charge in [0.2, 0.25) is 0 Å². The lowest BCUT2D eigenvalue weighted by atomic mass is 9.94. The molecule has 0 bridgehead atoms. The highest BCUT2D eigenvalue weighted by Gasteiger charge is 2.25. The Morgan fingerprint density at radius 2 is 1.29 bits per heavy atom. The minimum absolute atomic E-state index is 0.408. The van der Waals surface area contributed by atoms with Crippen LogP contribution >= 0.6 is 0 Å². The number of nitrogens with one attached hydrogen (secondary N) is 1.